The van der Waals surface area contributed by atoms with Gasteiger partial charge in [0.15, 0.2) is 0 Å². The minimum Gasteiger partial charge on any atom is -0.340 e. The van der Waals surface area contributed by atoms with Crippen molar-refractivity contribution >= 4 is 11.7 Å². The molecule has 0 saturated heterocycles. The van der Waals surface area contributed by atoms with Crippen molar-refractivity contribution in [3.63, 3.8) is 0 Å². The zero-order chi connectivity index (χ0) is 18.2. The number of carbonyl (C=O) groups is 1. The van der Waals surface area contributed by atoms with Gasteiger partial charge in [0.2, 0.25) is 0 Å². The van der Waals surface area contributed by atoms with Crippen LogP contribution in [-0.2, 0) is 20.3 Å². The molecular weight excluding hydrogens is 335 g/mol. The second kappa shape index (κ2) is 6.08. The average Bonchev–Trinajstić information content (AvgIpc) is 3.13. The molecule has 0 aliphatic carbocycles. The van der Waals surface area contributed by atoms with Crippen molar-refractivity contribution in [2.24, 2.45) is 14.1 Å². The molecule has 6 nitrogen and oxygen atoms in total. The van der Waals surface area contributed by atoms with Gasteiger partial charge < -0.3 is 9.88 Å². The van der Waals surface area contributed by atoms with Crippen molar-refractivity contribution in [2.75, 3.05) is 5.32 Å². The van der Waals surface area contributed by atoms with E-state index in [2.05, 4.69) is 15.4 Å². The fourth-order valence-electron chi connectivity index (χ4n) is 2.29. The molecule has 0 spiro atoms. The first kappa shape index (κ1) is 16.7. The van der Waals surface area contributed by atoms with Crippen molar-refractivity contribution in [3.05, 3.63) is 54.1 Å². The van der Waals surface area contributed by atoms with Crippen molar-refractivity contribution < 1.29 is 18.0 Å². The van der Waals surface area contributed by atoms with E-state index in [1.807, 2.05) is 0 Å². The van der Waals surface area contributed by atoms with Gasteiger partial charge in [0.05, 0.1) is 17.6 Å². The molecule has 1 aromatic carbocycles. The number of imidazole rings is 1. The van der Waals surface area contributed by atoms with E-state index in [4.69, 9.17) is 0 Å². The van der Waals surface area contributed by atoms with Gasteiger partial charge >= 0.3 is 6.18 Å². The lowest BCUT2D eigenvalue weighted by Gasteiger charge is -2.07. The second-order valence-electron chi connectivity index (χ2n) is 5.50. The molecule has 9 heteroatoms. The van der Waals surface area contributed by atoms with Crippen LogP contribution in [-0.4, -0.2) is 25.2 Å². The number of carbonyl (C=O) groups excluding carboxylic acids is 1. The third-order valence-electron chi connectivity index (χ3n) is 3.54. The molecule has 130 valence electrons. The number of halogens is 3. The highest BCUT2D eigenvalue weighted by Gasteiger charge is 2.30. The fourth-order valence-corrected chi connectivity index (χ4v) is 2.29. The Labute approximate surface area is 140 Å². The molecule has 2 aromatic heterocycles. The van der Waals surface area contributed by atoms with Gasteiger partial charge in [-0.2, -0.15) is 18.3 Å². The monoisotopic (exact) mass is 349 g/mol. The van der Waals surface area contributed by atoms with Crippen LogP contribution in [0.15, 0.2) is 42.9 Å². The van der Waals surface area contributed by atoms with E-state index >= 15 is 0 Å². The summed E-state index contributed by atoms with van der Waals surface area (Å²) in [6, 6.07) is 6.38. The second-order valence-corrected chi connectivity index (χ2v) is 5.50. The quantitative estimate of drug-likeness (QED) is 0.790. The summed E-state index contributed by atoms with van der Waals surface area (Å²) in [7, 11) is 3.32. The number of rotatable bonds is 3. The Morgan fingerprint density at radius 2 is 1.96 bits per heavy atom. The SMILES string of the molecule is Cn1cnc(C(=O)Nc2cc(-c3cccc(C(F)(F)F)c3)nn2C)c1. The van der Waals surface area contributed by atoms with E-state index in [1.165, 1.54) is 29.2 Å². The van der Waals surface area contributed by atoms with Crippen LogP contribution in [0.25, 0.3) is 11.3 Å². The van der Waals surface area contributed by atoms with E-state index < -0.39 is 17.6 Å². The van der Waals surface area contributed by atoms with Crippen LogP contribution in [0.4, 0.5) is 19.0 Å². The van der Waals surface area contributed by atoms with Gasteiger partial charge in [-0.3, -0.25) is 9.48 Å². The molecule has 0 atom stereocenters. The first-order chi connectivity index (χ1) is 11.7. The smallest absolute Gasteiger partial charge is 0.340 e. The number of aromatic nitrogens is 4. The lowest BCUT2D eigenvalue weighted by molar-refractivity contribution is -0.137. The van der Waals surface area contributed by atoms with Gasteiger partial charge in [-0.15, -0.1) is 0 Å². The molecule has 0 saturated carbocycles. The fraction of sp³-hybridized carbons (Fsp3) is 0.188. The average molecular weight is 349 g/mol. The molecule has 0 aliphatic rings. The largest absolute Gasteiger partial charge is 0.416 e. The summed E-state index contributed by atoms with van der Waals surface area (Å²) in [5.41, 5.74) is 0.104. The molecule has 3 rings (SSSR count). The summed E-state index contributed by atoms with van der Waals surface area (Å²) in [6.07, 6.45) is -1.38. The Balaban J connectivity index is 1.87. The van der Waals surface area contributed by atoms with Crippen LogP contribution in [0.5, 0.6) is 0 Å². The normalized spacial score (nSPS) is 11.6. The highest BCUT2D eigenvalue weighted by atomic mass is 19.4. The topological polar surface area (TPSA) is 64.7 Å². The first-order valence-electron chi connectivity index (χ1n) is 7.25. The number of nitrogens with one attached hydrogen (secondary N) is 1. The standard InChI is InChI=1S/C16H14F3N5O/c1-23-8-13(20-9-23)15(25)21-14-7-12(22-24(14)2)10-4-3-5-11(6-10)16(17,18)19/h3-9H,1-2H3,(H,21,25). The molecule has 1 N–H and O–H groups in total. The van der Waals surface area contributed by atoms with Crippen molar-refractivity contribution in [1.29, 1.82) is 0 Å². The molecule has 25 heavy (non-hydrogen) atoms. The highest BCUT2D eigenvalue weighted by molar-refractivity contribution is 6.02. The van der Waals surface area contributed by atoms with Crippen LogP contribution in [0.2, 0.25) is 0 Å². The van der Waals surface area contributed by atoms with Gasteiger partial charge in [0, 0.05) is 31.9 Å². The Bertz CT molecular complexity index is 926. The van der Waals surface area contributed by atoms with Gasteiger partial charge in [0.25, 0.3) is 5.91 Å². The number of anilines is 1. The number of hydrogen-bond acceptors (Lipinski definition) is 3. The molecule has 2 heterocycles. The Morgan fingerprint density at radius 1 is 1.20 bits per heavy atom. The Hall–Kier alpha value is -3.10. The molecule has 0 radical (unpaired) electrons. The van der Waals surface area contributed by atoms with E-state index in [0.717, 1.165) is 12.1 Å². The number of nitrogens with zero attached hydrogens (tertiary/aromatic N) is 4. The van der Waals surface area contributed by atoms with Gasteiger partial charge in [-0.25, -0.2) is 4.98 Å². The Kier molecular flexibility index (Phi) is 4.07. The third kappa shape index (κ3) is 3.54. The van der Waals surface area contributed by atoms with Crippen LogP contribution in [0, 0.1) is 0 Å². The van der Waals surface area contributed by atoms with Gasteiger partial charge in [0.1, 0.15) is 11.5 Å². The summed E-state index contributed by atoms with van der Waals surface area (Å²) in [5.74, 6) is -0.0812. The summed E-state index contributed by atoms with van der Waals surface area (Å²) in [6.45, 7) is 0. The number of amides is 1. The maximum absolute atomic E-state index is 12.8. The minimum atomic E-state index is -4.43. The lowest BCUT2D eigenvalue weighted by Crippen LogP contribution is -2.14. The van der Waals surface area contributed by atoms with E-state index in [-0.39, 0.29) is 5.69 Å². The molecule has 0 unspecified atom stereocenters. The predicted molar refractivity (Wildman–Crippen MR) is 84.8 cm³/mol. The number of aryl methyl sites for hydroxylation is 2. The number of alkyl halides is 3. The summed E-state index contributed by atoms with van der Waals surface area (Å²) >= 11 is 0. The van der Waals surface area contributed by atoms with Crippen LogP contribution < -0.4 is 5.32 Å². The number of benzene rings is 1. The van der Waals surface area contributed by atoms with E-state index in [9.17, 15) is 18.0 Å². The highest BCUT2D eigenvalue weighted by Crippen LogP contribution is 2.32. The Morgan fingerprint density at radius 3 is 2.60 bits per heavy atom. The van der Waals surface area contributed by atoms with E-state index in [1.54, 1.807) is 24.9 Å². The van der Waals surface area contributed by atoms with Gasteiger partial charge in [-0.05, 0) is 12.1 Å². The van der Waals surface area contributed by atoms with Gasteiger partial charge in [-0.1, -0.05) is 12.1 Å². The third-order valence-corrected chi connectivity index (χ3v) is 3.54. The maximum Gasteiger partial charge on any atom is 0.416 e. The minimum absolute atomic E-state index is 0.226. The van der Waals surface area contributed by atoms with Crippen LogP contribution in [0.3, 0.4) is 0 Å². The van der Waals surface area contributed by atoms with Crippen LogP contribution >= 0.6 is 0 Å². The number of hydrogen-bond donors (Lipinski definition) is 1. The molecule has 0 fully saturated rings. The lowest BCUT2D eigenvalue weighted by atomic mass is 10.1. The molecule has 0 bridgehead atoms. The molecule has 0 aliphatic heterocycles. The van der Waals surface area contributed by atoms with Crippen molar-refractivity contribution in [3.8, 4) is 11.3 Å². The first-order valence-corrected chi connectivity index (χ1v) is 7.25. The summed E-state index contributed by atoms with van der Waals surface area (Å²) in [4.78, 5) is 16.1. The zero-order valence-corrected chi connectivity index (χ0v) is 13.4. The zero-order valence-electron chi connectivity index (χ0n) is 13.4. The molecule has 1 amide bonds. The van der Waals surface area contributed by atoms with Crippen LogP contribution in [0.1, 0.15) is 16.1 Å². The van der Waals surface area contributed by atoms with Crippen molar-refractivity contribution in [1.82, 2.24) is 19.3 Å². The summed E-state index contributed by atoms with van der Waals surface area (Å²) < 4.78 is 41.5. The predicted octanol–water partition coefficient (Wildman–Crippen LogP) is 3.09. The maximum atomic E-state index is 12.8. The molecule has 3 aromatic rings. The van der Waals surface area contributed by atoms with E-state index in [0.29, 0.717) is 17.1 Å². The van der Waals surface area contributed by atoms with Crippen molar-refractivity contribution in [2.45, 2.75) is 6.18 Å². The summed E-state index contributed by atoms with van der Waals surface area (Å²) in [5, 5.41) is 6.80. The molecular formula is C16H14F3N5O.